The lowest BCUT2D eigenvalue weighted by molar-refractivity contribution is -0.154. The first-order valence-corrected chi connectivity index (χ1v) is 10.8. The van der Waals surface area contributed by atoms with E-state index in [1.165, 1.54) is 7.11 Å². The summed E-state index contributed by atoms with van der Waals surface area (Å²) in [5.74, 6) is -0.682. The second-order valence-electron chi connectivity index (χ2n) is 7.68. The molecule has 0 unspecified atom stereocenters. The zero-order valence-electron chi connectivity index (χ0n) is 14.8. The van der Waals surface area contributed by atoms with Gasteiger partial charge in [-0.1, -0.05) is 26.8 Å². The zero-order chi connectivity index (χ0) is 17.1. The van der Waals surface area contributed by atoms with Gasteiger partial charge in [-0.2, -0.15) is 0 Å². The Labute approximate surface area is 135 Å². The topological polar surface area (TPSA) is 52.6 Å². The first-order chi connectivity index (χ1) is 10.0. The number of carbonyl (C=O) groups excluding carboxylic acids is 2. The molecule has 0 aromatic heterocycles. The average molecular weight is 327 g/mol. The van der Waals surface area contributed by atoms with Crippen LogP contribution in [0.15, 0.2) is 12.7 Å². The number of hydrogen-bond donors (Lipinski definition) is 0. The molecule has 1 fully saturated rings. The molecular weight excluding hydrogens is 296 g/mol. The predicted molar refractivity (Wildman–Crippen MR) is 90.1 cm³/mol. The molecular formula is C17H30O4Si. The minimum absolute atomic E-state index is 0.0308. The molecule has 0 aromatic rings. The van der Waals surface area contributed by atoms with Gasteiger partial charge in [-0.15, -0.1) is 6.58 Å². The third-order valence-electron chi connectivity index (χ3n) is 5.07. The molecule has 0 N–H and O–H groups in total. The second kappa shape index (κ2) is 7.09. The van der Waals surface area contributed by atoms with Crippen LogP contribution in [0.5, 0.6) is 0 Å². The monoisotopic (exact) mass is 326 g/mol. The Kier molecular flexibility index (Phi) is 6.16. The summed E-state index contributed by atoms with van der Waals surface area (Å²) in [6.45, 7) is 14.6. The minimum Gasteiger partial charge on any atom is -0.469 e. The molecule has 3 atom stereocenters. The maximum absolute atomic E-state index is 12.1. The van der Waals surface area contributed by atoms with E-state index in [0.29, 0.717) is 12.8 Å². The second-order valence-corrected chi connectivity index (χ2v) is 12.4. The van der Waals surface area contributed by atoms with Crippen LogP contribution in [0.4, 0.5) is 0 Å². The highest BCUT2D eigenvalue weighted by atomic mass is 28.4. The summed E-state index contributed by atoms with van der Waals surface area (Å²) in [6, 6.07) is 0. The smallest absolute Gasteiger partial charge is 0.309 e. The number of esters is 1. The first kappa shape index (κ1) is 19.1. The van der Waals surface area contributed by atoms with Crippen LogP contribution in [0.1, 0.15) is 40.0 Å². The number of methoxy groups -OCH3 is 1. The fourth-order valence-corrected chi connectivity index (χ4v) is 4.09. The molecule has 5 heteroatoms. The molecule has 22 heavy (non-hydrogen) atoms. The van der Waals surface area contributed by atoms with Crippen molar-refractivity contribution in [3.05, 3.63) is 12.7 Å². The minimum atomic E-state index is -2.01. The fourth-order valence-electron chi connectivity index (χ4n) is 2.72. The highest BCUT2D eigenvalue weighted by Crippen LogP contribution is 2.42. The van der Waals surface area contributed by atoms with E-state index in [2.05, 4.69) is 40.4 Å². The Hall–Kier alpha value is -0.943. The standard InChI is InChI=1S/C17H30O4Si/c1-8-9-13-14(16(19)20-5)10-12(18)11-15(13)21-22(6,7)17(2,3)4/h8,13-15H,1,9-11H2,2-7H3/t13-,14+,15-/m1/s1. The van der Waals surface area contributed by atoms with E-state index in [1.807, 2.05) is 0 Å². The number of ether oxygens (including phenoxy) is 1. The van der Waals surface area contributed by atoms with Gasteiger partial charge in [0.05, 0.1) is 19.1 Å². The Morgan fingerprint density at radius 3 is 2.41 bits per heavy atom. The Balaban J connectivity index is 3.05. The van der Waals surface area contributed by atoms with E-state index in [-0.39, 0.29) is 35.2 Å². The third-order valence-corrected chi connectivity index (χ3v) is 9.57. The van der Waals surface area contributed by atoms with E-state index in [9.17, 15) is 9.59 Å². The lowest BCUT2D eigenvalue weighted by Crippen LogP contribution is -2.50. The lowest BCUT2D eigenvalue weighted by atomic mass is 9.75. The molecule has 0 amide bonds. The first-order valence-electron chi connectivity index (χ1n) is 7.91. The molecule has 0 heterocycles. The van der Waals surface area contributed by atoms with Gasteiger partial charge in [0.2, 0.25) is 0 Å². The van der Waals surface area contributed by atoms with Crippen LogP contribution in [0.25, 0.3) is 0 Å². The van der Waals surface area contributed by atoms with Crippen molar-refractivity contribution in [1.82, 2.24) is 0 Å². The third kappa shape index (κ3) is 4.29. The van der Waals surface area contributed by atoms with Crippen molar-refractivity contribution < 1.29 is 18.8 Å². The van der Waals surface area contributed by atoms with Gasteiger partial charge in [0, 0.05) is 18.8 Å². The van der Waals surface area contributed by atoms with Crippen LogP contribution in [-0.2, 0) is 18.8 Å². The summed E-state index contributed by atoms with van der Waals surface area (Å²) < 4.78 is 11.4. The molecule has 4 nitrogen and oxygen atoms in total. The van der Waals surface area contributed by atoms with Gasteiger partial charge < -0.3 is 9.16 Å². The van der Waals surface area contributed by atoms with Crippen LogP contribution in [0.2, 0.25) is 18.1 Å². The lowest BCUT2D eigenvalue weighted by Gasteiger charge is -2.44. The molecule has 0 saturated heterocycles. The van der Waals surface area contributed by atoms with Crippen molar-refractivity contribution in [1.29, 1.82) is 0 Å². The van der Waals surface area contributed by atoms with E-state index < -0.39 is 14.2 Å². The van der Waals surface area contributed by atoms with Gasteiger partial charge in [0.25, 0.3) is 0 Å². The quantitative estimate of drug-likeness (QED) is 0.439. The van der Waals surface area contributed by atoms with E-state index in [4.69, 9.17) is 9.16 Å². The van der Waals surface area contributed by atoms with Crippen LogP contribution in [0.3, 0.4) is 0 Å². The van der Waals surface area contributed by atoms with Gasteiger partial charge in [-0.3, -0.25) is 9.59 Å². The number of allylic oxidation sites excluding steroid dienone is 1. The van der Waals surface area contributed by atoms with Crippen LogP contribution in [0, 0.1) is 11.8 Å². The normalized spacial score (nSPS) is 26.6. The average Bonchev–Trinajstić information content (AvgIpc) is 2.38. The molecule has 0 aromatic carbocycles. The summed E-state index contributed by atoms with van der Waals surface area (Å²) in [4.78, 5) is 24.1. The van der Waals surface area contributed by atoms with Gasteiger partial charge in [0.1, 0.15) is 5.78 Å². The van der Waals surface area contributed by atoms with Crippen molar-refractivity contribution in [2.75, 3.05) is 7.11 Å². The van der Waals surface area contributed by atoms with Crippen LogP contribution in [-0.4, -0.2) is 33.3 Å². The summed E-state index contributed by atoms with van der Waals surface area (Å²) in [7, 11) is -0.635. The van der Waals surface area contributed by atoms with Crippen molar-refractivity contribution in [2.45, 2.75) is 64.3 Å². The number of Topliss-reactive ketones (excluding diaryl/α,β-unsaturated/α-hetero) is 1. The highest BCUT2D eigenvalue weighted by Gasteiger charge is 2.46. The maximum Gasteiger partial charge on any atom is 0.309 e. The molecule has 1 saturated carbocycles. The molecule has 126 valence electrons. The summed E-state index contributed by atoms with van der Waals surface area (Å²) in [6.07, 6.45) is 2.88. The van der Waals surface area contributed by atoms with Crippen LogP contribution < -0.4 is 0 Å². The molecule has 0 bridgehead atoms. The molecule has 1 aliphatic carbocycles. The number of hydrogen-bond acceptors (Lipinski definition) is 4. The van der Waals surface area contributed by atoms with Crippen molar-refractivity contribution in [2.24, 2.45) is 11.8 Å². The Morgan fingerprint density at radius 2 is 1.95 bits per heavy atom. The summed E-state index contributed by atoms with van der Waals surface area (Å²) >= 11 is 0. The molecule has 1 aliphatic rings. The highest BCUT2D eigenvalue weighted by molar-refractivity contribution is 6.74. The summed E-state index contributed by atoms with van der Waals surface area (Å²) in [5, 5.41) is 0.0625. The number of rotatable bonds is 5. The Morgan fingerprint density at radius 1 is 1.36 bits per heavy atom. The van der Waals surface area contributed by atoms with E-state index in [0.717, 1.165) is 0 Å². The summed E-state index contributed by atoms with van der Waals surface area (Å²) in [5.41, 5.74) is 0. The SMILES string of the molecule is C=CC[C@@H]1[C@@H](C(=O)OC)CC(=O)C[C@H]1O[Si](C)(C)C(C)(C)C. The van der Waals surface area contributed by atoms with Crippen LogP contribution >= 0.6 is 0 Å². The largest absolute Gasteiger partial charge is 0.469 e. The van der Waals surface area contributed by atoms with Gasteiger partial charge in [-0.05, 0) is 24.6 Å². The van der Waals surface area contributed by atoms with E-state index >= 15 is 0 Å². The molecule has 0 spiro atoms. The zero-order valence-corrected chi connectivity index (χ0v) is 15.8. The predicted octanol–water partition coefficient (Wildman–Crippen LogP) is 3.72. The van der Waals surface area contributed by atoms with Crippen molar-refractivity contribution in [3.63, 3.8) is 0 Å². The molecule has 0 aliphatic heterocycles. The van der Waals surface area contributed by atoms with Gasteiger partial charge >= 0.3 is 5.97 Å². The molecule has 0 radical (unpaired) electrons. The van der Waals surface area contributed by atoms with Crippen molar-refractivity contribution in [3.8, 4) is 0 Å². The number of ketones is 1. The van der Waals surface area contributed by atoms with Gasteiger partial charge in [0.15, 0.2) is 8.32 Å². The maximum atomic E-state index is 12.1. The molecule has 1 rings (SSSR count). The fraction of sp³-hybridized carbons (Fsp3) is 0.765. The number of carbonyl (C=O) groups is 2. The Bertz CT molecular complexity index is 436. The van der Waals surface area contributed by atoms with Crippen molar-refractivity contribution >= 4 is 20.1 Å². The van der Waals surface area contributed by atoms with Gasteiger partial charge in [-0.25, -0.2) is 0 Å². The van der Waals surface area contributed by atoms with E-state index in [1.54, 1.807) is 6.08 Å².